The molecule has 2 fully saturated rings. The fourth-order valence-corrected chi connectivity index (χ4v) is 3.77. The number of aryl methyl sites for hydroxylation is 1. The zero-order valence-electron chi connectivity index (χ0n) is 17.5. The second-order valence-corrected chi connectivity index (χ2v) is 8.97. The summed E-state index contributed by atoms with van der Waals surface area (Å²) in [6.45, 7) is 9.79. The number of hydrogen-bond acceptors (Lipinski definition) is 6. The standard InChI is InChI=1S/C20H29N7O2/c1-5-27-16-14(24-17(27)18(28)25-20(2,3)4)15(21-11-22-16)23-13-8-9-26(10-13)19(29)12-6-7-12/h11-13H,5-10H2,1-4H3,(H,25,28)(H,21,22,23). The third kappa shape index (κ3) is 4.04. The number of rotatable bonds is 5. The average Bonchev–Trinajstić information content (AvgIpc) is 3.27. The lowest BCUT2D eigenvalue weighted by Crippen LogP contribution is -2.41. The van der Waals surface area contributed by atoms with Gasteiger partial charge in [0.2, 0.25) is 11.7 Å². The highest BCUT2D eigenvalue weighted by Gasteiger charge is 2.36. The van der Waals surface area contributed by atoms with Crippen LogP contribution in [-0.2, 0) is 11.3 Å². The highest BCUT2D eigenvalue weighted by molar-refractivity contribution is 5.96. The van der Waals surface area contributed by atoms with Gasteiger partial charge in [0.05, 0.1) is 0 Å². The molecule has 0 spiro atoms. The number of imidazole rings is 1. The zero-order valence-corrected chi connectivity index (χ0v) is 17.5. The van der Waals surface area contributed by atoms with Crippen molar-refractivity contribution in [1.82, 2.24) is 29.7 Å². The van der Waals surface area contributed by atoms with E-state index in [0.29, 0.717) is 35.9 Å². The number of nitrogens with one attached hydrogen (secondary N) is 2. The van der Waals surface area contributed by atoms with Gasteiger partial charge in [-0.1, -0.05) is 0 Å². The molecule has 2 aliphatic rings. The van der Waals surface area contributed by atoms with Crippen molar-refractivity contribution < 1.29 is 9.59 Å². The van der Waals surface area contributed by atoms with E-state index >= 15 is 0 Å². The Morgan fingerprint density at radius 3 is 2.62 bits per heavy atom. The molecule has 1 unspecified atom stereocenters. The number of fused-ring (bicyclic) bond motifs is 1. The summed E-state index contributed by atoms with van der Waals surface area (Å²) < 4.78 is 1.81. The largest absolute Gasteiger partial charge is 0.364 e. The van der Waals surface area contributed by atoms with Gasteiger partial charge >= 0.3 is 0 Å². The highest BCUT2D eigenvalue weighted by atomic mass is 16.2. The minimum Gasteiger partial charge on any atom is -0.364 e. The van der Waals surface area contributed by atoms with E-state index in [4.69, 9.17) is 0 Å². The van der Waals surface area contributed by atoms with E-state index in [1.54, 1.807) is 4.57 Å². The van der Waals surface area contributed by atoms with Gasteiger partial charge in [0, 0.05) is 37.1 Å². The smallest absolute Gasteiger partial charge is 0.287 e. The molecule has 9 heteroatoms. The number of carbonyl (C=O) groups is 2. The first kappa shape index (κ1) is 19.6. The number of nitrogens with zero attached hydrogens (tertiary/aromatic N) is 5. The minimum absolute atomic E-state index is 0.120. The summed E-state index contributed by atoms with van der Waals surface area (Å²) in [6.07, 6.45) is 4.41. The number of amides is 2. The summed E-state index contributed by atoms with van der Waals surface area (Å²) in [5, 5.41) is 6.39. The summed E-state index contributed by atoms with van der Waals surface area (Å²) >= 11 is 0. The van der Waals surface area contributed by atoms with E-state index in [-0.39, 0.29) is 29.3 Å². The normalized spacial score (nSPS) is 19.6. The lowest BCUT2D eigenvalue weighted by molar-refractivity contribution is -0.131. The molecule has 2 amide bonds. The number of aromatic nitrogens is 4. The van der Waals surface area contributed by atoms with E-state index < -0.39 is 0 Å². The molecule has 1 aliphatic carbocycles. The van der Waals surface area contributed by atoms with Gasteiger partial charge in [-0.15, -0.1) is 0 Å². The molecule has 9 nitrogen and oxygen atoms in total. The molecule has 1 aliphatic heterocycles. The Balaban J connectivity index is 1.57. The van der Waals surface area contributed by atoms with Crippen LogP contribution in [-0.4, -0.2) is 60.9 Å². The Labute approximate surface area is 170 Å². The average molecular weight is 399 g/mol. The monoisotopic (exact) mass is 399 g/mol. The van der Waals surface area contributed by atoms with Gasteiger partial charge in [-0.2, -0.15) is 0 Å². The topological polar surface area (TPSA) is 105 Å². The van der Waals surface area contributed by atoms with E-state index in [2.05, 4.69) is 25.6 Å². The molecule has 4 rings (SSSR count). The van der Waals surface area contributed by atoms with Crippen LogP contribution in [0.1, 0.15) is 57.6 Å². The van der Waals surface area contributed by atoms with Crippen LogP contribution in [0.15, 0.2) is 6.33 Å². The molecule has 2 aromatic rings. The lowest BCUT2D eigenvalue weighted by atomic mass is 10.1. The second-order valence-electron chi connectivity index (χ2n) is 8.97. The number of anilines is 1. The van der Waals surface area contributed by atoms with Crippen LogP contribution >= 0.6 is 0 Å². The van der Waals surface area contributed by atoms with E-state index in [1.807, 2.05) is 32.6 Å². The molecule has 0 aromatic carbocycles. The second kappa shape index (κ2) is 7.27. The maximum absolute atomic E-state index is 12.7. The van der Waals surface area contributed by atoms with Crippen LogP contribution in [0.4, 0.5) is 5.82 Å². The predicted octanol–water partition coefficient (Wildman–Crippen LogP) is 1.80. The molecular formula is C20H29N7O2. The molecule has 0 radical (unpaired) electrons. The summed E-state index contributed by atoms with van der Waals surface area (Å²) in [5.74, 6) is 1.23. The van der Waals surface area contributed by atoms with Crippen LogP contribution in [0.25, 0.3) is 11.2 Å². The molecule has 1 atom stereocenters. The van der Waals surface area contributed by atoms with Gasteiger partial charge in [-0.3, -0.25) is 9.59 Å². The number of carbonyl (C=O) groups excluding carboxylic acids is 2. The zero-order chi connectivity index (χ0) is 20.8. The summed E-state index contributed by atoms with van der Waals surface area (Å²) in [5.41, 5.74) is 0.857. The van der Waals surface area contributed by atoms with Gasteiger partial charge in [0.1, 0.15) is 6.33 Å². The van der Waals surface area contributed by atoms with E-state index in [1.165, 1.54) is 6.33 Å². The molecule has 156 valence electrons. The lowest BCUT2D eigenvalue weighted by Gasteiger charge is -2.20. The quantitative estimate of drug-likeness (QED) is 0.794. The predicted molar refractivity (Wildman–Crippen MR) is 110 cm³/mol. The Morgan fingerprint density at radius 1 is 1.21 bits per heavy atom. The number of hydrogen-bond donors (Lipinski definition) is 2. The Bertz CT molecular complexity index is 942. The molecule has 29 heavy (non-hydrogen) atoms. The first-order valence-corrected chi connectivity index (χ1v) is 10.4. The summed E-state index contributed by atoms with van der Waals surface area (Å²) in [7, 11) is 0. The summed E-state index contributed by atoms with van der Waals surface area (Å²) in [6, 6.07) is 0.120. The van der Waals surface area contributed by atoms with Crippen LogP contribution in [0.3, 0.4) is 0 Å². The van der Waals surface area contributed by atoms with E-state index in [0.717, 1.165) is 25.8 Å². The molecule has 1 saturated carbocycles. The van der Waals surface area contributed by atoms with Crippen LogP contribution in [0.2, 0.25) is 0 Å². The fraction of sp³-hybridized carbons (Fsp3) is 0.650. The van der Waals surface area contributed by atoms with Crippen molar-refractivity contribution in [2.24, 2.45) is 5.92 Å². The van der Waals surface area contributed by atoms with Crippen LogP contribution in [0, 0.1) is 5.92 Å². The minimum atomic E-state index is -0.359. The van der Waals surface area contributed by atoms with Crippen molar-refractivity contribution in [1.29, 1.82) is 0 Å². The third-order valence-corrected chi connectivity index (χ3v) is 5.31. The molecule has 2 N–H and O–H groups in total. The molecular weight excluding hydrogens is 370 g/mol. The van der Waals surface area contributed by atoms with Gasteiger partial charge in [-0.25, -0.2) is 15.0 Å². The SMILES string of the molecule is CCn1c(C(=O)NC(C)(C)C)nc2c(NC3CCN(C(=O)C4CC4)C3)ncnc21. The first-order chi connectivity index (χ1) is 13.8. The maximum Gasteiger partial charge on any atom is 0.287 e. The fourth-order valence-electron chi connectivity index (χ4n) is 3.77. The molecule has 0 bridgehead atoms. The highest BCUT2D eigenvalue weighted by Crippen LogP contribution is 2.32. The first-order valence-electron chi connectivity index (χ1n) is 10.4. The Kier molecular flexibility index (Phi) is 4.92. The Hall–Kier alpha value is -2.71. The van der Waals surface area contributed by atoms with Crippen LogP contribution in [0.5, 0.6) is 0 Å². The number of likely N-dealkylation sites (tertiary alicyclic amines) is 1. The van der Waals surface area contributed by atoms with Crippen molar-refractivity contribution in [3.05, 3.63) is 12.2 Å². The van der Waals surface area contributed by atoms with Gasteiger partial charge in [0.25, 0.3) is 5.91 Å². The van der Waals surface area contributed by atoms with Crippen LogP contribution < -0.4 is 10.6 Å². The van der Waals surface area contributed by atoms with Gasteiger partial charge in [-0.05, 0) is 47.0 Å². The van der Waals surface area contributed by atoms with Gasteiger partial charge < -0.3 is 20.1 Å². The summed E-state index contributed by atoms with van der Waals surface area (Å²) in [4.78, 5) is 40.3. The molecule has 3 heterocycles. The third-order valence-electron chi connectivity index (χ3n) is 5.31. The molecule has 2 aromatic heterocycles. The van der Waals surface area contributed by atoms with Crippen molar-refractivity contribution in [2.45, 2.75) is 65.1 Å². The van der Waals surface area contributed by atoms with Crippen molar-refractivity contribution in [3.8, 4) is 0 Å². The van der Waals surface area contributed by atoms with Gasteiger partial charge in [0.15, 0.2) is 17.0 Å². The Morgan fingerprint density at radius 2 is 1.97 bits per heavy atom. The van der Waals surface area contributed by atoms with E-state index in [9.17, 15) is 9.59 Å². The maximum atomic E-state index is 12.7. The van der Waals surface area contributed by atoms with Crippen molar-refractivity contribution >= 4 is 28.8 Å². The molecule has 1 saturated heterocycles. The van der Waals surface area contributed by atoms with Crippen molar-refractivity contribution in [2.75, 3.05) is 18.4 Å². The van der Waals surface area contributed by atoms with Crippen molar-refractivity contribution in [3.63, 3.8) is 0 Å².